The average Bonchev–Trinajstić information content (AvgIpc) is 3.27. The maximum atomic E-state index is 12.5. The van der Waals surface area contributed by atoms with Crippen molar-refractivity contribution in [1.82, 2.24) is 15.1 Å². The van der Waals surface area contributed by atoms with Gasteiger partial charge in [-0.05, 0) is 129 Å². The maximum Gasteiger partial charge on any atom is 0.488 e. The lowest BCUT2D eigenvalue weighted by molar-refractivity contribution is -0.117. The Hall–Kier alpha value is -5.85. The first-order valence-electron chi connectivity index (χ1n) is 21.5. The zero-order chi connectivity index (χ0) is 45.0. The van der Waals surface area contributed by atoms with E-state index in [2.05, 4.69) is 58.6 Å². The van der Waals surface area contributed by atoms with E-state index in [4.69, 9.17) is 0 Å². The van der Waals surface area contributed by atoms with E-state index in [1.807, 2.05) is 48.5 Å². The first kappa shape index (κ1) is 46.6. The molecule has 0 saturated carbocycles. The highest BCUT2D eigenvalue weighted by molar-refractivity contribution is 6.59. The molecule has 63 heavy (non-hydrogen) atoms. The van der Waals surface area contributed by atoms with Gasteiger partial charge in [0.05, 0.1) is 0 Å². The predicted molar refractivity (Wildman–Crippen MR) is 255 cm³/mol. The minimum absolute atomic E-state index is 0.0454. The molecule has 0 heterocycles. The number of fused-ring (bicyclic) bond motifs is 2. The Labute approximate surface area is 371 Å². The molecule has 12 heteroatoms. The molecule has 6 N–H and O–H groups in total. The minimum atomic E-state index is -1.64. The molecule has 0 aliphatic heterocycles. The van der Waals surface area contributed by atoms with E-state index < -0.39 is 14.2 Å². The Balaban J connectivity index is 1.48. The normalized spacial score (nSPS) is 11.4. The highest BCUT2D eigenvalue weighted by Gasteiger charge is 2.23. The number of ketones is 1. The fourth-order valence-corrected chi connectivity index (χ4v) is 8.27. The molecular weight excluding hydrogens is 788 g/mol. The number of phenols is 1. The van der Waals surface area contributed by atoms with E-state index in [9.17, 15) is 34.8 Å². The van der Waals surface area contributed by atoms with E-state index in [0.717, 1.165) is 61.3 Å². The van der Waals surface area contributed by atoms with Crippen LogP contribution in [-0.4, -0.2) is 80.6 Å². The molecule has 0 spiro atoms. The number of nitrogens with zero attached hydrogens (tertiary/aromatic N) is 2. The van der Waals surface area contributed by atoms with E-state index in [1.54, 1.807) is 50.2 Å². The molecule has 0 aromatic heterocycles. The molecule has 1 amide bonds. The number of rotatable bonds is 22. The van der Waals surface area contributed by atoms with Crippen LogP contribution in [0.4, 0.5) is 0 Å². The molecule has 6 rings (SSSR count). The lowest BCUT2D eigenvalue weighted by Crippen LogP contribution is -2.36. The number of nitrogens with one attached hydrogen (secondary N) is 1. The van der Waals surface area contributed by atoms with Crippen molar-refractivity contribution in [1.29, 1.82) is 0 Å². The van der Waals surface area contributed by atoms with Gasteiger partial charge >= 0.3 is 14.2 Å². The monoisotopic (exact) mass is 845 g/mol. The van der Waals surface area contributed by atoms with Gasteiger partial charge in [0.1, 0.15) is 5.75 Å². The number of unbranched alkanes of at least 4 members (excludes halogenated alkanes) is 1. The van der Waals surface area contributed by atoms with Crippen LogP contribution in [0.5, 0.6) is 5.75 Å². The molecule has 0 fully saturated rings. The van der Waals surface area contributed by atoms with Crippen molar-refractivity contribution in [3.63, 3.8) is 0 Å². The number of Topliss-reactive ketones (excluding diaryl/α,β-unsaturated/α-hetero) is 1. The standard InChI is InChI=1S/C51H57B2N3O7/c1-35(2)50(58)23-11-12-27-55(31-39-15-5-9-21-48(39)52(60)61)34-47-43-20-8-7-19-42(43)46(44-25-24-38(30-45(44)47)37-17-13-18-41(57)29-37)33-56(28-14-26-54-51(59)36(3)4)32-40-16-6-10-22-49(40)53(62)63/h5-10,13,15-22,24-25,29-30,57,60-63H,1,3,11-12,14,23,26-28,31-34H2,2,4H3,(H,54,59). The number of hydrogen-bond donors (Lipinski definition) is 6. The fourth-order valence-electron chi connectivity index (χ4n) is 8.27. The Morgan fingerprint density at radius 1 is 0.571 bits per heavy atom. The van der Waals surface area contributed by atoms with Crippen LogP contribution in [-0.2, 0) is 35.8 Å². The van der Waals surface area contributed by atoms with Gasteiger partial charge in [0.2, 0.25) is 5.91 Å². The number of phenolic OH excluding ortho intramolecular Hbond substituents is 1. The summed E-state index contributed by atoms with van der Waals surface area (Å²) in [5, 5.41) is 58.9. The first-order valence-corrected chi connectivity index (χ1v) is 21.5. The molecule has 0 unspecified atom stereocenters. The van der Waals surface area contributed by atoms with Crippen molar-refractivity contribution >= 4 is 58.4 Å². The highest BCUT2D eigenvalue weighted by Crippen LogP contribution is 2.38. The predicted octanol–water partition coefficient (Wildman–Crippen LogP) is 6.13. The molecular formula is C51H57B2N3O7. The molecule has 0 bridgehead atoms. The largest absolute Gasteiger partial charge is 0.508 e. The molecule has 0 aliphatic rings. The molecule has 6 aromatic rings. The summed E-state index contributed by atoms with van der Waals surface area (Å²) in [6.07, 6.45) is 2.45. The average molecular weight is 846 g/mol. The van der Waals surface area contributed by atoms with Gasteiger partial charge in [0.15, 0.2) is 5.78 Å². The van der Waals surface area contributed by atoms with E-state index >= 15 is 0 Å². The maximum absolute atomic E-state index is 12.5. The summed E-state index contributed by atoms with van der Waals surface area (Å²) in [4.78, 5) is 29.5. The highest BCUT2D eigenvalue weighted by atomic mass is 16.4. The van der Waals surface area contributed by atoms with Crippen LogP contribution in [0.2, 0.25) is 0 Å². The van der Waals surface area contributed by atoms with Gasteiger partial charge in [-0.2, -0.15) is 0 Å². The van der Waals surface area contributed by atoms with Gasteiger partial charge < -0.3 is 30.5 Å². The third kappa shape index (κ3) is 12.2. The summed E-state index contributed by atoms with van der Waals surface area (Å²) >= 11 is 0. The molecule has 0 atom stereocenters. The molecule has 0 saturated heterocycles. The van der Waals surface area contributed by atoms with Crippen LogP contribution in [0.25, 0.3) is 32.7 Å². The number of allylic oxidation sites excluding steroid dienone is 1. The molecule has 324 valence electrons. The number of hydrogen-bond acceptors (Lipinski definition) is 9. The second-order valence-corrected chi connectivity index (χ2v) is 16.4. The van der Waals surface area contributed by atoms with Crippen LogP contribution in [0, 0.1) is 0 Å². The van der Waals surface area contributed by atoms with E-state index in [1.165, 1.54) is 0 Å². The second-order valence-electron chi connectivity index (χ2n) is 16.4. The van der Waals surface area contributed by atoms with Crippen molar-refractivity contribution in [2.24, 2.45) is 0 Å². The molecule has 6 aromatic carbocycles. The summed E-state index contributed by atoms with van der Waals surface area (Å²) < 4.78 is 0. The minimum Gasteiger partial charge on any atom is -0.508 e. The van der Waals surface area contributed by atoms with Crippen molar-refractivity contribution < 1.29 is 34.8 Å². The summed E-state index contributed by atoms with van der Waals surface area (Å²) in [5.74, 6) is 0.0105. The Morgan fingerprint density at radius 2 is 1.10 bits per heavy atom. The lowest BCUT2D eigenvalue weighted by atomic mass is 9.77. The quantitative estimate of drug-likeness (QED) is 0.0205. The summed E-state index contributed by atoms with van der Waals surface area (Å²) in [7, 11) is -3.28. The number of amides is 1. The summed E-state index contributed by atoms with van der Waals surface area (Å²) in [5.41, 5.74) is 7.37. The smallest absolute Gasteiger partial charge is 0.488 e. The molecule has 10 nitrogen and oxygen atoms in total. The third-order valence-corrected chi connectivity index (χ3v) is 11.6. The number of aromatic hydroxyl groups is 1. The van der Waals surface area contributed by atoms with Crippen LogP contribution in [0.1, 0.15) is 61.8 Å². The van der Waals surface area contributed by atoms with Crippen LogP contribution in [0.3, 0.4) is 0 Å². The van der Waals surface area contributed by atoms with Gasteiger partial charge in [-0.3, -0.25) is 19.4 Å². The van der Waals surface area contributed by atoms with Crippen LogP contribution >= 0.6 is 0 Å². The SMILES string of the molecule is C=C(C)C(=O)CCCCN(Cc1ccccc1B(O)O)Cc1c2ccccc2c(CN(CCCNC(=O)C(=C)C)Cc2ccccc2B(O)O)c2ccc(-c3cccc(O)c3)cc12. The summed E-state index contributed by atoms with van der Waals surface area (Å²) in [6.45, 7) is 14.5. The Morgan fingerprint density at radius 3 is 1.65 bits per heavy atom. The number of carbonyl (C=O) groups excluding carboxylic acids is 2. The van der Waals surface area contributed by atoms with Crippen LogP contribution in [0.15, 0.2) is 140 Å². The Bertz CT molecular complexity index is 2590. The van der Waals surface area contributed by atoms with Crippen molar-refractivity contribution in [3.05, 3.63) is 162 Å². The Kier molecular flexibility index (Phi) is 16.3. The van der Waals surface area contributed by atoms with Crippen molar-refractivity contribution in [2.45, 2.75) is 65.7 Å². The van der Waals surface area contributed by atoms with Crippen molar-refractivity contribution in [2.75, 3.05) is 19.6 Å². The topological polar surface area (TPSA) is 154 Å². The van der Waals surface area contributed by atoms with Gasteiger partial charge in [-0.1, -0.05) is 110 Å². The van der Waals surface area contributed by atoms with Gasteiger partial charge in [-0.15, -0.1) is 0 Å². The van der Waals surface area contributed by atoms with Crippen LogP contribution < -0.4 is 16.2 Å². The van der Waals surface area contributed by atoms with Gasteiger partial charge in [-0.25, -0.2) is 0 Å². The van der Waals surface area contributed by atoms with E-state index in [-0.39, 0.29) is 17.4 Å². The lowest BCUT2D eigenvalue weighted by Gasteiger charge is -2.28. The zero-order valence-corrected chi connectivity index (χ0v) is 36.3. The first-order chi connectivity index (χ1) is 30.3. The second kappa shape index (κ2) is 22.0. The van der Waals surface area contributed by atoms with E-state index in [0.29, 0.717) is 87.1 Å². The third-order valence-electron chi connectivity index (χ3n) is 11.6. The molecule has 0 radical (unpaired) electrons. The van der Waals surface area contributed by atoms with Crippen molar-refractivity contribution in [3.8, 4) is 16.9 Å². The summed E-state index contributed by atoms with van der Waals surface area (Å²) in [6, 6.07) is 36.6. The van der Waals surface area contributed by atoms with Gasteiger partial charge in [0.25, 0.3) is 0 Å². The molecule has 0 aliphatic carbocycles. The number of benzene rings is 6. The fraction of sp³-hybridized carbons (Fsp3) is 0.255. The zero-order valence-electron chi connectivity index (χ0n) is 36.3. The number of carbonyl (C=O) groups is 2. The van der Waals surface area contributed by atoms with Gasteiger partial charge in [0, 0.05) is 51.3 Å².